The number of hydrogen-bond acceptors (Lipinski definition) is 3. The zero-order chi connectivity index (χ0) is 5.70. The van der Waals surface area contributed by atoms with Gasteiger partial charge in [0.15, 0.2) is 0 Å². The summed E-state index contributed by atoms with van der Waals surface area (Å²) in [6.07, 6.45) is 0.175. The Labute approximate surface area is 56.8 Å². The Bertz CT molecular complexity index is 43.9. The predicted octanol–water partition coefficient (Wildman–Crippen LogP) is -0.407. The van der Waals surface area contributed by atoms with Crippen molar-refractivity contribution in [1.82, 2.24) is 3.53 Å². The van der Waals surface area contributed by atoms with Crippen molar-refractivity contribution in [2.24, 2.45) is 5.73 Å². The van der Waals surface area contributed by atoms with Crippen molar-refractivity contribution < 1.29 is 5.11 Å². The molecule has 0 aromatic heterocycles. The van der Waals surface area contributed by atoms with Crippen molar-refractivity contribution in [1.29, 1.82) is 0 Å². The molecule has 0 bridgehead atoms. The smallest absolute Gasteiger partial charge is 0.114 e. The van der Waals surface area contributed by atoms with Crippen LogP contribution in [0.3, 0.4) is 0 Å². The predicted molar refractivity (Wildman–Crippen MR) is 36.8 cm³/mol. The highest BCUT2D eigenvalue weighted by Crippen LogP contribution is 1.84. The highest BCUT2D eigenvalue weighted by Gasteiger charge is 1.94. The molecule has 44 valence electrons. The highest BCUT2D eigenvalue weighted by molar-refractivity contribution is 14.1. The number of rotatable bonds is 3. The average Bonchev–Trinajstić information content (AvgIpc) is 1.68. The third-order valence-electron chi connectivity index (χ3n) is 0.566. The summed E-state index contributed by atoms with van der Waals surface area (Å²) in [5, 5.41) is 8.66. The molecule has 0 spiro atoms. The van der Waals surface area contributed by atoms with E-state index in [-0.39, 0.29) is 0 Å². The molecule has 0 fully saturated rings. The van der Waals surface area contributed by atoms with Gasteiger partial charge in [-0.3, -0.25) is 0 Å². The second-order valence-electron chi connectivity index (χ2n) is 1.20. The molecule has 0 radical (unpaired) electrons. The van der Waals surface area contributed by atoms with E-state index in [1.165, 1.54) is 0 Å². The Kier molecular flexibility index (Phi) is 5.18. The monoisotopic (exact) mass is 216 g/mol. The van der Waals surface area contributed by atoms with E-state index in [4.69, 9.17) is 10.8 Å². The topological polar surface area (TPSA) is 58.3 Å². The lowest BCUT2D eigenvalue weighted by Crippen LogP contribution is -2.22. The first-order valence-corrected chi connectivity index (χ1v) is 3.13. The van der Waals surface area contributed by atoms with Crippen LogP contribution in [0.2, 0.25) is 0 Å². The third-order valence-corrected chi connectivity index (χ3v) is 1.28. The largest absolute Gasteiger partial charge is 0.378 e. The van der Waals surface area contributed by atoms with E-state index in [2.05, 4.69) is 3.53 Å². The second-order valence-corrected chi connectivity index (χ2v) is 1.83. The standard InChI is InChI=1S/C3H9IN2O/c4-6-3(7)1-2-5/h3,6-7H,1-2,5H2. The van der Waals surface area contributed by atoms with Gasteiger partial charge in [-0.1, -0.05) is 0 Å². The zero-order valence-corrected chi connectivity index (χ0v) is 6.05. The molecule has 0 aromatic carbocycles. The lowest BCUT2D eigenvalue weighted by molar-refractivity contribution is 0.165. The van der Waals surface area contributed by atoms with Gasteiger partial charge in [0.1, 0.15) is 6.23 Å². The first kappa shape index (κ1) is 7.61. The van der Waals surface area contributed by atoms with Crippen LogP contribution < -0.4 is 9.26 Å². The Morgan fingerprint density at radius 1 is 1.86 bits per heavy atom. The molecule has 7 heavy (non-hydrogen) atoms. The summed E-state index contributed by atoms with van der Waals surface area (Å²) in [7, 11) is 0. The van der Waals surface area contributed by atoms with Gasteiger partial charge in [0, 0.05) is 22.9 Å². The molecular weight excluding hydrogens is 207 g/mol. The molecule has 1 unspecified atom stereocenters. The number of aliphatic hydroxyl groups excluding tert-OH is 1. The third kappa shape index (κ3) is 4.46. The van der Waals surface area contributed by atoms with Crippen molar-refractivity contribution >= 4 is 22.9 Å². The summed E-state index contributed by atoms with van der Waals surface area (Å²) in [4.78, 5) is 0. The highest BCUT2D eigenvalue weighted by atomic mass is 127. The van der Waals surface area contributed by atoms with Crippen molar-refractivity contribution in [2.75, 3.05) is 6.54 Å². The van der Waals surface area contributed by atoms with Crippen LogP contribution in [0.5, 0.6) is 0 Å². The normalized spacial score (nSPS) is 14.1. The molecular formula is C3H9IN2O. The number of hydrogen-bond donors (Lipinski definition) is 3. The van der Waals surface area contributed by atoms with E-state index in [1.54, 1.807) is 0 Å². The lowest BCUT2D eigenvalue weighted by atomic mass is 10.4. The molecule has 0 aliphatic heterocycles. The Hall–Kier alpha value is 0.610. The van der Waals surface area contributed by atoms with E-state index >= 15 is 0 Å². The first-order chi connectivity index (χ1) is 3.31. The quantitative estimate of drug-likeness (QED) is 0.341. The van der Waals surface area contributed by atoms with Crippen LogP contribution >= 0.6 is 22.9 Å². The number of nitrogens with two attached hydrogens (primary N) is 1. The van der Waals surface area contributed by atoms with Crippen LogP contribution in [0.4, 0.5) is 0 Å². The fraction of sp³-hybridized carbons (Fsp3) is 1.00. The molecule has 0 saturated heterocycles. The minimum absolute atomic E-state index is 0.439. The Morgan fingerprint density at radius 2 is 2.43 bits per heavy atom. The maximum atomic E-state index is 8.66. The van der Waals surface area contributed by atoms with Crippen LogP contribution in [-0.4, -0.2) is 17.9 Å². The van der Waals surface area contributed by atoms with Gasteiger partial charge in [0.05, 0.1) is 0 Å². The molecule has 4 heteroatoms. The van der Waals surface area contributed by atoms with Gasteiger partial charge in [-0.05, 0) is 13.0 Å². The van der Waals surface area contributed by atoms with E-state index in [9.17, 15) is 0 Å². The summed E-state index contributed by atoms with van der Waals surface area (Å²) in [6, 6.07) is 0. The molecule has 0 amide bonds. The van der Waals surface area contributed by atoms with Crippen molar-refractivity contribution in [3.63, 3.8) is 0 Å². The van der Waals surface area contributed by atoms with Gasteiger partial charge in [0.2, 0.25) is 0 Å². The van der Waals surface area contributed by atoms with E-state index in [0.717, 1.165) is 0 Å². The van der Waals surface area contributed by atoms with Crippen LogP contribution in [0, 0.1) is 0 Å². The summed E-state index contributed by atoms with van der Waals surface area (Å²) >= 11 is 1.88. The molecule has 0 rings (SSSR count). The first-order valence-electron chi connectivity index (χ1n) is 2.05. The fourth-order valence-corrected chi connectivity index (χ4v) is 0.524. The molecule has 0 aromatic rings. The number of aliphatic hydroxyl groups is 1. The van der Waals surface area contributed by atoms with Gasteiger partial charge < -0.3 is 10.8 Å². The molecule has 0 aliphatic carbocycles. The van der Waals surface area contributed by atoms with Crippen LogP contribution in [0.15, 0.2) is 0 Å². The van der Waals surface area contributed by atoms with Crippen molar-refractivity contribution in [3.05, 3.63) is 0 Å². The summed E-state index contributed by atoms with van der Waals surface area (Å²) in [6.45, 7) is 0.525. The minimum Gasteiger partial charge on any atom is -0.378 e. The van der Waals surface area contributed by atoms with E-state index in [1.807, 2.05) is 22.9 Å². The second kappa shape index (κ2) is 4.76. The summed E-state index contributed by atoms with van der Waals surface area (Å²) in [5.74, 6) is 0. The van der Waals surface area contributed by atoms with Crippen LogP contribution in [0.25, 0.3) is 0 Å². The van der Waals surface area contributed by atoms with Crippen molar-refractivity contribution in [2.45, 2.75) is 12.6 Å². The van der Waals surface area contributed by atoms with Crippen LogP contribution in [0.1, 0.15) is 6.42 Å². The molecule has 0 saturated carbocycles. The molecule has 1 atom stereocenters. The average molecular weight is 216 g/mol. The SMILES string of the molecule is NCCC(O)NI. The molecule has 3 nitrogen and oxygen atoms in total. The maximum Gasteiger partial charge on any atom is 0.114 e. The van der Waals surface area contributed by atoms with Gasteiger partial charge in [-0.25, -0.2) is 3.53 Å². The number of halogens is 1. The van der Waals surface area contributed by atoms with Gasteiger partial charge in [-0.2, -0.15) is 0 Å². The fourth-order valence-electron chi connectivity index (χ4n) is 0.212. The molecule has 4 N–H and O–H groups in total. The van der Waals surface area contributed by atoms with E-state index < -0.39 is 6.23 Å². The minimum atomic E-state index is -0.439. The maximum absolute atomic E-state index is 8.66. The lowest BCUT2D eigenvalue weighted by Gasteiger charge is -2.02. The zero-order valence-electron chi connectivity index (χ0n) is 3.89. The summed E-state index contributed by atoms with van der Waals surface area (Å²) < 4.78 is 2.61. The Balaban J connectivity index is 2.83. The summed E-state index contributed by atoms with van der Waals surface area (Å²) in [5.41, 5.74) is 5.10. The number of nitrogens with one attached hydrogen (secondary N) is 1. The van der Waals surface area contributed by atoms with Gasteiger partial charge >= 0.3 is 0 Å². The molecule has 0 heterocycles. The van der Waals surface area contributed by atoms with Crippen molar-refractivity contribution in [3.8, 4) is 0 Å². The Morgan fingerprint density at radius 3 is 2.57 bits per heavy atom. The molecule has 0 aliphatic rings. The van der Waals surface area contributed by atoms with Gasteiger partial charge in [0.25, 0.3) is 0 Å². The van der Waals surface area contributed by atoms with Crippen LogP contribution in [-0.2, 0) is 0 Å². The van der Waals surface area contributed by atoms with E-state index in [0.29, 0.717) is 13.0 Å². The van der Waals surface area contributed by atoms with Gasteiger partial charge in [-0.15, -0.1) is 0 Å².